The number of tetrazole rings is 1. The van der Waals surface area contributed by atoms with Gasteiger partial charge in [-0.25, -0.2) is 4.68 Å². The van der Waals surface area contributed by atoms with Gasteiger partial charge in [0.05, 0.1) is 24.8 Å². The topological polar surface area (TPSA) is 73.1 Å². The van der Waals surface area contributed by atoms with E-state index in [4.69, 9.17) is 4.74 Å². The van der Waals surface area contributed by atoms with Crippen LogP contribution in [0.25, 0.3) is 5.69 Å². The van der Waals surface area contributed by atoms with E-state index in [2.05, 4.69) is 15.5 Å². The van der Waals surface area contributed by atoms with Crippen LogP contribution < -0.4 is 0 Å². The second kappa shape index (κ2) is 6.65. The maximum Gasteiger partial charge on any atom is 0.227 e. The molecule has 0 bridgehead atoms. The van der Waals surface area contributed by atoms with E-state index in [1.807, 2.05) is 29.2 Å². The van der Waals surface area contributed by atoms with Crippen LogP contribution in [0.15, 0.2) is 30.6 Å². The summed E-state index contributed by atoms with van der Waals surface area (Å²) in [5.41, 5.74) is 1.87. The number of hydrogen-bond acceptors (Lipinski definition) is 5. The Kier molecular flexibility index (Phi) is 4.43. The molecule has 116 valence electrons. The standard InChI is InChI=1S/C15H19N5O2/c1-22-10-14-3-2-8-19(14)15(21)9-12-4-6-13(7-5-12)20-11-16-17-18-20/h4-7,11,14H,2-3,8-10H2,1H3/t14-/m1/s1. The number of benzene rings is 1. The van der Waals surface area contributed by atoms with E-state index in [9.17, 15) is 4.79 Å². The zero-order valence-corrected chi connectivity index (χ0v) is 12.6. The predicted molar refractivity (Wildman–Crippen MR) is 79.5 cm³/mol. The zero-order valence-electron chi connectivity index (χ0n) is 12.6. The molecule has 0 unspecified atom stereocenters. The summed E-state index contributed by atoms with van der Waals surface area (Å²) in [4.78, 5) is 14.4. The van der Waals surface area contributed by atoms with Crippen molar-refractivity contribution in [3.8, 4) is 5.69 Å². The highest BCUT2D eigenvalue weighted by molar-refractivity contribution is 5.79. The van der Waals surface area contributed by atoms with Crippen molar-refractivity contribution >= 4 is 5.91 Å². The summed E-state index contributed by atoms with van der Waals surface area (Å²) in [6.45, 7) is 1.44. The highest BCUT2D eigenvalue weighted by Gasteiger charge is 2.28. The fourth-order valence-electron chi connectivity index (χ4n) is 2.85. The Morgan fingerprint density at radius 1 is 1.36 bits per heavy atom. The van der Waals surface area contributed by atoms with E-state index in [0.29, 0.717) is 13.0 Å². The molecule has 0 spiro atoms. The SMILES string of the molecule is COC[C@H]1CCCN1C(=O)Cc1ccc(-n2cnnn2)cc1. The molecule has 1 fully saturated rings. The van der Waals surface area contributed by atoms with Gasteiger partial charge in [0.2, 0.25) is 5.91 Å². The summed E-state index contributed by atoms with van der Waals surface area (Å²) in [6, 6.07) is 7.93. The number of likely N-dealkylation sites (tertiary alicyclic amines) is 1. The largest absolute Gasteiger partial charge is 0.383 e. The van der Waals surface area contributed by atoms with Crippen LogP contribution in [0.5, 0.6) is 0 Å². The van der Waals surface area contributed by atoms with Gasteiger partial charge in [-0.3, -0.25) is 4.79 Å². The molecule has 1 amide bonds. The quantitative estimate of drug-likeness (QED) is 0.818. The number of hydrogen-bond donors (Lipinski definition) is 0. The Labute approximate surface area is 128 Å². The lowest BCUT2D eigenvalue weighted by Crippen LogP contribution is -2.38. The Morgan fingerprint density at radius 3 is 2.86 bits per heavy atom. The number of ether oxygens (including phenoxy) is 1. The van der Waals surface area contributed by atoms with Crippen LogP contribution in [0.1, 0.15) is 18.4 Å². The Balaban J connectivity index is 1.64. The molecule has 7 nitrogen and oxygen atoms in total. The van der Waals surface area contributed by atoms with Gasteiger partial charge in [-0.1, -0.05) is 12.1 Å². The first-order valence-electron chi connectivity index (χ1n) is 7.38. The molecule has 1 aromatic heterocycles. The van der Waals surface area contributed by atoms with Crippen molar-refractivity contribution in [1.82, 2.24) is 25.1 Å². The monoisotopic (exact) mass is 301 g/mol. The summed E-state index contributed by atoms with van der Waals surface area (Å²) < 4.78 is 6.78. The molecule has 0 aliphatic carbocycles. The van der Waals surface area contributed by atoms with Crippen molar-refractivity contribution in [3.63, 3.8) is 0 Å². The van der Waals surface area contributed by atoms with E-state index >= 15 is 0 Å². The van der Waals surface area contributed by atoms with Gasteiger partial charge in [0.15, 0.2) is 0 Å². The molecule has 0 radical (unpaired) electrons. The molecular weight excluding hydrogens is 282 g/mol. The third-order valence-electron chi connectivity index (χ3n) is 3.96. The van der Waals surface area contributed by atoms with E-state index in [-0.39, 0.29) is 11.9 Å². The minimum atomic E-state index is 0.162. The van der Waals surface area contributed by atoms with Crippen LogP contribution in [0, 0.1) is 0 Å². The third kappa shape index (κ3) is 3.14. The van der Waals surface area contributed by atoms with Gasteiger partial charge in [0.25, 0.3) is 0 Å². The zero-order chi connectivity index (χ0) is 15.4. The average molecular weight is 301 g/mol. The fraction of sp³-hybridized carbons (Fsp3) is 0.467. The molecule has 2 aromatic rings. The lowest BCUT2D eigenvalue weighted by molar-refractivity contribution is -0.132. The molecule has 1 saturated heterocycles. The fourth-order valence-corrected chi connectivity index (χ4v) is 2.85. The highest BCUT2D eigenvalue weighted by atomic mass is 16.5. The smallest absolute Gasteiger partial charge is 0.227 e. The molecular formula is C15H19N5O2. The molecule has 1 aromatic carbocycles. The lowest BCUT2D eigenvalue weighted by atomic mass is 10.1. The van der Waals surface area contributed by atoms with Gasteiger partial charge in [-0.2, -0.15) is 0 Å². The first-order chi connectivity index (χ1) is 10.8. The van der Waals surface area contributed by atoms with E-state index < -0.39 is 0 Å². The molecule has 0 N–H and O–H groups in total. The van der Waals surface area contributed by atoms with E-state index in [1.54, 1.807) is 18.1 Å². The summed E-state index contributed by atoms with van der Waals surface area (Å²) in [7, 11) is 1.68. The van der Waals surface area contributed by atoms with Crippen molar-refractivity contribution in [2.75, 3.05) is 20.3 Å². The summed E-state index contributed by atoms with van der Waals surface area (Å²) in [5.74, 6) is 0.162. The minimum absolute atomic E-state index is 0.162. The summed E-state index contributed by atoms with van der Waals surface area (Å²) in [5, 5.41) is 11.1. The molecule has 1 aliphatic rings. The van der Waals surface area contributed by atoms with Gasteiger partial charge in [-0.15, -0.1) is 5.10 Å². The highest BCUT2D eigenvalue weighted by Crippen LogP contribution is 2.19. The number of rotatable bonds is 5. The van der Waals surface area contributed by atoms with Crippen LogP contribution in [-0.2, 0) is 16.0 Å². The first-order valence-corrected chi connectivity index (χ1v) is 7.38. The summed E-state index contributed by atoms with van der Waals surface area (Å²) in [6.07, 6.45) is 4.03. The molecule has 3 rings (SSSR count). The molecule has 1 aliphatic heterocycles. The minimum Gasteiger partial charge on any atom is -0.383 e. The van der Waals surface area contributed by atoms with Crippen molar-refractivity contribution in [2.24, 2.45) is 0 Å². The summed E-state index contributed by atoms with van der Waals surface area (Å²) >= 11 is 0. The van der Waals surface area contributed by atoms with Gasteiger partial charge < -0.3 is 9.64 Å². The number of methoxy groups -OCH3 is 1. The van der Waals surface area contributed by atoms with Crippen LogP contribution in [-0.4, -0.2) is 57.3 Å². The lowest BCUT2D eigenvalue weighted by Gasteiger charge is -2.24. The number of aromatic nitrogens is 4. The molecule has 1 atom stereocenters. The molecule has 7 heteroatoms. The number of carbonyl (C=O) groups excluding carboxylic acids is 1. The van der Waals surface area contributed by atoms with Crippen molar-refractivity contribution in [1.29, 1.82) is 0 Å². The predicted octanol–water partition coefficient (Wildman–Crippen LogP) is 0.842. The Morgan fingerprint density at radius 2 is 2.18 bits per heavy atom. The maximum absolute atomic E-state index is 12.4. The third-order valence-corrected chi connectivity index (χ3v) is 3.96. The van der Waals surface area contributed by atoms with Gasteiger partial charge >= 0.3 is 0 Å². The van der Waals surface area contributed by atoms with Crippen LogP contribution in [0.3, 0.4) is 0 Å². The maximum atomic E-state index is 12.4. The van der Waals surface area contributed by atoms with Crippen molar-refractivity contribution in [2.45, 2.75) is 25.3 Å². The van der Waals surface area contributed by atoms with E-state index in [0.717, 1.165) is 30.6 Å². The molecule has 0 saturated carbocycles. The Hall–Kier alpha value is -2.28. The Bertz CT molecular complexity index is 611. The van der Waals surface area contributed by atoms with Crippen LogP contribution >= 0.6 is 0 Å². The van der Waals surface area contributed by atoms with Gasteiger partial charge in [-0.05, 0) is 41.0 Å². The van der Waals surface area contributed by atoms with Crippen molar-refractivity contribution < 1.29 is 9.53 Å². The first kappa shape index (κ1) is 14.6. The number of carbonyl (C=O) groups is 1. The van der Waals surface area contributed by atoms with Gasteiger partial charge in [0, 0.05) is 13.7 Å². The number of amides is 1. The second-order valence-electron chi connectivity index (χ2n) is 5.44. The normalized spacial score (nSPS) is 17.9. The van der Waals surface area contributed by atoms with Crippen molar-refractivity contribution in [3.05, 3.63) is 36.2 Å². The molecule has 2 heterocycles. The second-order valence-corrected chi connectivity index (χ2v) is 5.44. The molecule has 22 heavy (non-hydrogen) atoms. The number of nitrogens with zero attached hydrogens (tertiary/aromatic N) is 5. The van der Waals surface area contributed by atoms with E-state index in [1.165, 1.54) is 0 Å². The van der Waals surface area contributed by atoms with Crippen LogP contribution in [0.4, 0.5) is 0 Å². The van der Waals surface area contributed by atoms with Gasteiger partial charge in [0.1, 0.15) is 6.33 Å². The average Bonchev–Trinajstić information content (AvgIpc) is 3.19. The van der Waals surface area contributed by atoms with Crippen LogP contribution in [0.2, 0.25) is 0 Å².